The van der Waals surface area contributed by atoms with Crippen molar-refractivity contribution in [2.24, 2.45) is 10.2 Å². The van der Waals surface area contributed by atoms with Crippen LogP contribution in [0.15, 0.2) is 78.3 Å². The van der Waals surface area contributed by atoms with Gasteiger partial charge in [-0.05, 0) is 48.2 Å². The van der Waals surface area contributed by atoms with Crippen molar-refractivity contribution in [3.05, 3.63) is 54.1 Å². The molecule has 40 heavy (non-hydrogen) atoms. The molecule has 0 bridgehead atoms. The summed E-state index contributed by atoms with van der Waals surface area (Å²) in [6.45, 7) is 1.42. The van der Waals surface area contributed by atoms with E-state index in [0.29, 0.717) is 0 Å². The summed E-state index contributed by atoms with van der Waals surface area (Å²) < 4.78 is 105. The Morgan fingerprint density at radius 1 is 0.825 bits per heavy atom. The van der Waals surface area contributed by atoms with Gasteiger partial charge in [0.1, 0.15) is 21.2 Å². The Morgan fingerprint density at radius 3 is 2.12 bits per heavy atom. The van der Waals surface area contributed by atoms with Gasteiger partial charge in [0, 0.05) is 16.2 Å². The molecule has 0 heterocycles. The van der Waals surface area contributed by atoms with Gasteiger partial charge in [-0.3, -0.25) is 13.7 Å². The van der Waals surface area contributed by atoms with Crippen LogP contribution in [0, 0.1) is 6.92 Å². The Kier molecular flexibility index (Phi) is 7.90. The van der Waals surface area contributed by atoms with Crippen LogP contribution >= 0.6 is 12.0 Å². The zero-order valence-corrected chi connectivity index (χ0v) is 22.9. The molecule has 0 radical (unpaired) electrons. The number of fused-ring (bicyclic) bond motifs is 2. The third kappa shape index (κ3) is 5.78. The molecule has 5 N–H and O–H groups in total. The highest BCUT2D eigenvalue weighted by atomic mass is 32.2. The van der Waals surface area contributed by atoms with Crippen molar-refractivity contribution < 1.29 is 58.6 Å². The largest absolute Gasteiger partial charge is 0.505 e. The minimum absolute atomic E-state index is 0.0573. The normalized spacial score (nSPS) is 13.0. The van der Waals surface area contributed by atoms with Crippen LogP contribution in [-0.2, 0) is 39.7 Å². The van der Waals surface area contributed by atoms with Gasteiger partial charge in [0.05, 0.1) is 21.8 Å². The first-order valence-electron chi connectivity index (χ1n) is 10.4. The van der Waals surface area contributed by atoms with Crippen molar-refractivity contribution in [2.45, 2.75) is 26.5 Å². The molecular formula is C21H16N2O13S4. The molecule has 0 aromatic heterocycles. The standard InChI is InChI=1S/C21H16N2O13S4/c1-10-7-12(38(26,27)28)8-11-9-16(37-36-35-25)19(20(24)18(10)11)23-22-15-6-5-13-14(21(15)40(32,33)34)3-2-4-17(13)39(29,30)31/h2-9,24-25H,1H3,(H,26,27,28)(H,29,30,31)(H,32,33,34). The molecule has 0 fully saturated rings. The second kappa shape index (κ2) is 10.6. The van der Waals surface area contributed by atoms with Crippen LogP contribution in [0.3, 0.4) is 0 Å². The van der Waals surface area contributed by atoms with Gasteiger partial charge in [0.15, 0.2) is 5.75 Å². The fraction of sp³-hybridized carbons (Fsp3) is 0.0476. The van der Waals surface area contributed by atoms with E-state index in [2.05, 4.69) is 19.6 Å². The number of hydrogen-bond donors (Lipinski definition) is 5. The molecule has 0 saturated heterocycles. The minimum Gasteiger partial charge on any atom is -0.505 e. The average Bonchev–Trinajstić information content (AvgIpc) is 2.83. The van der Waals surface area contributed by atoms with E-state index in [1.54, 1.807) is 0 Å². The summed E-state index contributed by atoms with van der Waals surface area (Å²) in [5.74, 6) is -0.604. The fourth-order valence-electron chi connectivity index (χ4n) is 3.99. The summed E-state index contributed by atoms with van der Waals surface area (Å²) in [7, 11) is -14.5. The van der Waals surface area contributed by atoms with E-state index in [4.69, 9.17) is 5.26 Å². The monoisotopic (exact) mass is 632 g/mol. The van der Waals surface area contributed by atoms with E-state index in [-0.39, 0.29) is 49.7 Å². The highest BCUT2D eigenvalue weighted by Gasteiger charge is 2.24. The van der Waals surface area contributed by atoms with Gasteiger partial charge < -0.3 is 5.11 Å². The Hall–Kier alpha value is -3.24. The molecule has 15 nitrogen and oxygen atoms in total. The number of benzene rings is 4. The zero-order valence-electron chi connectivity index (χ0n) is 19.6. The summed E-state index contributed by atoms with van der Waals surface area (Å²) in [5, 5.41) is 30.4. The first-order valence-corrected chi connectivity index (χ1v) is 15.4. The lowest BCUT2D eigenvalue weighted by Crippen LogP contribution is -2.03. The number of phenolic OH excluding ortho intramolecular Hbond substituents is 1. The van der Waals surface area contributed by atoms with Crippen molar-refractivity contribution in [2.75, 3.05) is 0 Å². The van der Waals surface area contributed by atoms with Gasteiger partial charge in [0.25, 0.3) is 30.4 Å². The molecule has 0 spiro atoms. The fourth-order valence-corrected chi connectivity index (χ4v) is 6.62. The summed E-state index contributed by atoms with van der Waals surface area (Å²) >= 11 is 0.287. The Bertz CT molecular complexity index is 2040. The second-order valence-electron chi connectivity index (χ2n) is 8.03. The highest BCUT2D eigenvalue weighted by Crippen LogP contribution is 2.46. The summed E-state index contributed by atoms with van der Waals surface area (Å²) in [6.07, 6.45) is 0. The van der Waals surface area contributed by atoms with Gasteiger partial charge in [0.2, 0.25) is 0 Å². The van der Waals surface area contributed by atoms with Gasteiger partial charge in [-0.15, -0.1) is 14.6 Å². The van der Waals surface area contributed by atoms with Crippen molar-refractivity contribution in [1.82, 2.24) is 0 Å². The minimum atomic E-state index is -5.08. The highest BCUT2D eigenvalue weighted by molar-refractivity contribution is 7.94. The number of phenols is 1. The van der Waals surface area contributed by atoms with Crippen LogP contribution in [0.25, 0.3) is 21.5 Å². The first-order chi connectivity index (χ1) is 18.5. The summed E-state index contributed by atoms with van der Waals surface area (Å²) in [6, 6.07) is 8.75. The third-order valence-corrected chi connectivity index (χ3v) is 8.83. The number of rotatable bonds is 8. The summed E-state index contributed by atoms with van der Waals surface area (Å²) in [5.41, 5.74) is -0.710. The van der Waals surface area contributed by atoms with Crippen molar-refractivity contribution >= 4 is 75.3 Å². The lowest BCUT2D eigenvalue weighted by molar-refractivity contribution is -0.432. The van der Waals surface area contributed by atoms with Gasteiger partial charge in [-0.1, -0.05) is 23.2 Å². The van der Waals surface area contributed by atoms with Crippen LogP contribution in [0.4, 0.5) is 11.4 Å². The summed E-state index contributed by atoms with van der Waals surface area (Å²) in [4.78, 5) is -2.12. The van der Waals surface area contributed by atoms with Crippen LogP contribution in [0.2, 0.25) is 0 Å². The maximum atomic E-state index is 12.3. The van der Waals surface area contributed by atoms with Crippen molar-refractivity contribution in [1.29, 1.82) is 0 Å². The Labute approximate surface area is 230 Å². The maximum absolute atomic E-state index is 12.3. The molecule has 0 atom stereocenters. The molecule has 4 rings (SSSR count). The zero-order chi connectivity index (χ0) is 29.6. The number of aryl methyl sites for hydroxylation is 1. The maximum Gasteiger partial charge on any atom is 0.297 e. The van der Waals surface area contributed by atoms with Crippen molar-refractivity contribution in [3.63, 3.8) is 0 Å². The molecule has 0 aliphatic rings. The molecule has 4 aromatic carbocycles. The van der Waals surface area contributed by atoms with Gasteiger partial charge in [-0.2, -0.15) is 25.3 Å². The lowest BCUT2D eigenvalue weighted by atomic mass is 10.0. The third-order valence-electron chi connectivity index (χ3n) is 5.52. The van der Waals surface area contributed by atoms with Gasteiger partial charge in [-0.25, -0.2) is 5.26 Å². The van der Waals surface area contributed by atoms with Crippen molar-refractivity contribution in [3.8, 4) is 5.75 Å². The van der Waals surface area contributed by atoms with E-state index < -0.39 is 56.5 Å². The molecule has 4 aromatic rings. The van der Waals surface area contributed by atoms with E-state index in [1.807, 2.05) is 0 Å². The van der Waals surface area contributed by atoms with E-state index in [0.717, 1.165) is 42.5 Å². The van der Waals surface area contributed by atoms with E-state index in [1.165, 1.54) is 13.0 Å². The van der Waals surface area contributed by atoms with Crippen LogP contribution in [-0.4, -0.2) is 49.3 Å². The number of azo groups is 1. The number of aromatic hydroxyl groups is 1. The van der Waals surface area contributed by atoms with Gasteiger partial charge >= 0.3 is 0 Å². The average molecular weight is 633 g/mol. The van der Waals surface area contributed by atoms with E-state index in [9.17, 15) is 44.0 Å². The molecule has 0 aliphatic carbocycles. The first kappa shape index (κ1) is 29.7. The second-order valence-corrected chi connectivity index (χ2v) is 12.9. The predicted octanol–water partition coefficient (Wildman–Crippen LogP) is 4.59. The smallest absolute Gasteiger partial charge is 0.297 e. The predicted molar refractivity (Wildman–Crippen MR) is 139 cm³/mol. The van der Waals surface area contributed by atoms with Crippen LogP contribution < -0.4 is 0 Å². The number of nitrogens with zero attached hydrogens (tertiary/aromatic N) is 2. The SMILES string of the molecule is Cc1cc(S(=O)(=O)O)cc2cc(SOOO)c(N=Nc3ccc4c(S(=O)(=O)O)cccc4c3S(=O)(=O)O)c(O)c12. The quantitative estimate of drug-likeness (QED) is 0.0586. The molecule has 0 amide bonds. The topological polar surface area (TPSA) is 247 Å². The molecular weight excluding hydrogens is 617 g/mol. The van der Waals surface area contributed by atoms with Crippen LogP contribution in [0.5, 0.6) is 5.75 Å². The number of hydrogen-bond acceptors (Lipinski definition) is 13. The lowest BCUT2D eigenvalue weighted by Gasteiger charge is -2.13. The Balaban J connectivity index is 2.00. The Morgan fingerprint density at radius 2 is 1.52 bits per heavy atom. The van der Waals surface area contributed by atoms with E-state index >= 15 is 0 Å². The molecule has 0 unspecified atom stereocenters. The van der Waals surface area contributed by atoms with Crippen LogP contribution in [0.1, 0.15) is 5.56 Å². The molecule has 0 saturated carbocycles. The molecule has 212 valence electrons. The molecule has 0 aliphatic heterocycles. The molecule has 19 heteroatoms.